The number of hydrogen-bond acceptors (Lipinski definition) is 0. The number of alkyl halides is 6. The van der Waals surface area contributed by atoms with Gasteiger partial charge in [-0.2, -0.15) is 26.3 Å². The Labute approximate surface area is 109 Å². The number of halogens is 6. The Morgan fingerprint density at radius 3 is 1.74 bits per heavy atom. The van der Waals surface area contributed by atoms with Crippen LogP contribution in [-0.4, -0.2) is 12.4 Å². The van der Waals surface area contributed by atoms with Crippen LogP contribution in [0.5, 0.6) is 0 Å². The molecule has 1 rings (SSSR count). The Morgan fingerprint density at radius 2 is 1.42 bits per heavy atom. The fraction of sp³-hybridized carbons (Fsp3) is 1.00. The average Bonchev–Trinajstić information content (AvgIpc) is 2.51. The van der Waals surface area contributed by atoms with Crippen molar-refractivity contribution in [3.8, 4) is 0 Å². The minimum absolute atomic E-state index is 0.0304. The molecule has 0 aromatic carbocycles. The van der Waals surface area contributed by atoms with Gasteiger partial charge in [-0.15, -0.1) is 0 Å². The average molecular weight is 290 g/mol. The first-order chi connectivity index (χ1) is 8.54. The second-order valence-corrected chi connectivity index (χ2v) is 5.59. The van der Waals surface area contributed by atoms with Crippen molar-refractivity contribution in [2.75, 3.05) is 0 Å². The van der Waals surface area contributed by atoms with Crippen LogP contribution in [0.4, 0.5) is 26.3 Å². The Kier molecular flexibility index (Phi) is 4.84. The van der Waals surface area contributed by atoms with Gasteiger partial charge in [0.2, 0.25) is 0 Å². The lowest BCUT2D eigenvalue weighted by Crippen LogP contribution is -2.45. The van der Waals surface area contributed by atoms with Gasteiger partial charge in [0.05, 0.1) is 0 Å². The predicted molar refractivity (Wildman–Crippen MR) is 60.4 cm³/mol. The molecule has 4 atom stereocenters. The van der Waals surface area contributed by atoms with Gasteiger partial charge in [0.1, 0.15) is 0 Å². The lowest BCUT2D eigenvalue weighted by Gasteiger charge is -2.34. The van der Waals surface area contributed by atoms with Crippen molar-refractivity contribution in [2.24, 2.45) is 29.6 Å². The van der Waals surface area contributed by atoms with E-state index in [4.69, 9.17) is 0 Å². The van der Waals surface area contributed by atoms with Crippen molar-refractivity contribution in [1.29, 1.82) is 0 Å². The normalized spacial score (nSPS) is 33.2. The van der Waals surface area contributed by atoms with E-state index >= 15 is 0 Å². The summed E-state index contributed by atoms with van der Waals surface area (Å²) in [6.45, 7) is 5.04. The zero-order valence-corrected chi connectivity index (χ0v) is 11.3. The summed E-state index contributed by atoms with van der Waals surface area (Å²) >= 11 is 0. The van der Waals surface area contributed by atoms with E-state index in [1.807, 2.05) is 6.92 Å². The predicted octanol–water partition coefficient (Wildman–Crippen LogP) is 5.44. The lowest BCUT2D eigenvalue weighted by atomic mass is 9.75. The minimum Gasteiger partial charge on any atom is -0.170 e. The van der Waals surface area contributed by atoms with Crippen LogP contribution in [-0.2, 0) is 0 Å². The highest BCUT2D eigenvalue weighted by Gasteiger charge is 2.64. The van der Waals surface area contributed by atoms with Gasteiger partial charge in [-0.3, -0.25) is 0 Å². The minimum atomic E-state index is -5.22. The smallest absolute Gasteiger partial charge is 0.170 e. The zero-order valence-electron chi connectivity index (χ0n) is 11.3. The van der Waals surface area contributed by atoms with Crippen LogP contribution in [0, 0.1) is 29.6 Å². The Hall–Kier alpha value is -0.420. The summed E-state index contributed by atoms with van der Waals surface area (Å²) in [5.41, 5.74) is 0. The molecule has 1 saturated carbocycles. The molecule has 1 aliphatic carbocycles. The SMILES string of the molecule is CCC1CC(C)C(C(C(F)(F)F)C(F)(F)F)C1CC. The monoisotopic (exact) mass is 290 g/mol. The van der Waals surface area contributed by atoms with Crippen LogP contribution in [0.2, 0.25) is 0 Å². The molecule has 0 aromatic rings. The van der Waals surface area contributed by atoms with Crippen LogP contribution in [0.15, 0.2) is 0 Å². The quantitative estimate of drug-likeness (QED) is 0.607. The molecule has 19 heavy (non-hydrogen) atoms. The van der Waals surface area contributed by atoms with Gasteiger partial charge >= 0.3 is 12.4 Å². The highest BCUT2D eigenvalue weighted by molar-refractivity contribution is 4.96. The Bertz CT molecular complexity index is 278. The third-order valence-electron chi connectivity index (χ3n) is 4.52. The molecule has 0 radical (unpaired) electrons. The third-order valence-corrected chi connectivity index (χ3v) is 4.52. The van der Waals surface area contributed by atoms with E-state index in [0.717, 1.165) is 0 Å². The van der Waals surface area contributed by atoms with Gasteiger partial charge < -0.3 is 0 Å². The van der Waals surface area contributed by atoms with Crippen LogP contribution < -0.4 is 0 Å². The molecule has 0 saturated heterocycles. The first kappa shape index (κ1) is 16.6. The van der Waals surface area contributed by atoms with Gasteiger partial charge in [0.15, 0.2) is 5.92 Å². The summed E-state index contributed by atoms with van der Waals surface area (Å²) in [6.07, 6.45) is -8.96. The molecule has 0 N–H and O–H groups in total. The molecular formula is C13H20F6. The van der Waals surface area contributed by atoms with Crippen molar-refractivity contribution in [3.05, 3.63) is 0 Å². The first-order valence-corrected chi connectivity index (χ1v) is 6.67. The standard InChI is InChI=1S/C13H20F6/c1-4-8-6-7(3)10(9(8)5-2)11(12(14,15)16)13(17,18)19/h7-11H,4-6H2,1-3H3. The molecule has 0 aromatic heterocycles. The third kappa shape index (κ3) is 3.37. The summed E-state index contributed by atoms with van der Waals surface area (Å²) in [4.78, 5) is 0. The van der Waals surface area contributed by atoms with Crippen molar-refractivity contribution in [2.45, 2.75) is 52.4 Å². The molecule has 0 spiro atoms. The van der Waals surface area contributed by atoms with Gasteiger partial charge in [0, 0.05) is 0 Å². The molecule has 0 aliphatic heterocycles. The van der Waals surface area contributed by atoms with Crippen molar-refractivity contribution < 1.29 is 26.3 Å². The maximum atomic E-state index is 12.9. The van der Waals surface area contributed by atoms with Crippen LogP contribution in [0.1, 0.15) is 40.0 Å². The van der Waals surface area contributed by atoms with Crippen LogP contribution in [0.25, 0.3) is 0 Å². The zero-order chi connectivity index (χ0) is 15.0. The van der Waals surface area contributed by atoms with Crippen molar-refractivity contribution >= 4 is 0 Å². The highest BCUT2D eigenvalue weighted by Crippen LogP contribution is 2.56. The topological polar surface area (TPSA) is 0 Å². The molecule has 0 amide bonds. The van der Waals surface area contributed by atoms with E-state index in [0.29, 0.717) is 19.3 Å². The molecule has 1 fully saturated rings. The molecule has 0 bridgehead atoms. The van der Waals surface area contributed by atoms with E-state index in [9.17, 15) is 26.3 Å². The van der Waals surface area contributed by atoms with Gasteiger partial charge in [-0.25, -0.2) is 0 Å². The van der Waals surface area contributed by atoms with Crippen LogP contribution >= 0.6 is 0 Å². The molecule has 0 heterocycles. The van der Waals surface area contributed by atoms with E-state index in [-0.39, 0.29) is 5.92 Å². The molecule has 1 aliphatic rings. The lowest BCUT2D eigenvalue weighted by molar-refractivity contribution is -0.305. The van der Waals surface area contributed by atoms with Gasteiger partial charge in [-0.1, -0.05) is 33.6 Å². The van der Waals surface area contributed by atoms with Crippen molar-refractivity contribution in [3.63, 3.8) is 0 Å². The number of hydrogen-bond donors (Lipinski definition) is 0. The second-order valence-electron chi connectivity index (χ2n) is 5.59. The second kappa shape index (κ2) is 5.52. The largest absolute Gasteiger partial charge is 0.400 e. The fourth-order valence-electron chi connectivity index (χ4n) is 3.82. The van der Waals surface area contributed by atoms with Crippen LogP contribution in [0.3, 0.4) is 0 Å². The highest BCUT2D eigenvalue weighted by atomic mass is 19.4. The fourth-order valence-corrected chi connectivity index (χ4v) is 3.82. The van der Waals surface area contributed by atoms with E-state index < -0.39 is 36.0 Å². The van der Waals surface area contributed by atoms with E-state index in [2.05, 4.69) is 0 Å². The molecular weight excluding hydrogens is 270 g/mol. The molecule has 6 heteroatoms. The number of rotatable bonds is 3. The summed E-state index contributed by atoms with van der Waals surface area (Å²) < 4.78 is 77.2. The van der Waals surface area contributed by atoms with E-state index in [1.165, 1.54) is 6.92 Å². The van der Waals surface area contributed by atoms with Gasteiger partial charge in [0.25, 0.3) is 0 Å². The Balaban J connectivity index is 3.14. The summed E-state index contributed by atoms with van der Waals surface area (Å²) in [6, 6.07) is 0. The summed E-state index contributed by atoms with van der Waals surface area (Å²) in [7, 11) is 0. The maximum Gasteiger partial charge on any atom is 0.400 e. The molecule has 114 valence electrons. The first-order valence-electron chi connectivity index (χ1n) is 6.67. The van der Waals surface area contributed by atoms with Gasteiger partial charge in [-0.05, 0) is 30.1 Å². The Morgan fingerprint density at radius 1 is 0.947 bits per heavy atom. The molecule has 0 nitrogen and oxygen atoms in total. The summed E-state index contributed by atoms with van der Waals surface area (Å²) in [5.74, 6) is -5.58. The summed E-state index contributed by atoms with van der Waals surface area (Å²) in [5, 5.41) is 0. The maximum absolute atomic E-state index is 12.9. The molecule has 4 unspecified atom stereocenters. The van der Waals surface area contributed by atoms with E-state index in [1.54, 1.807) is 6.92 Å². The van der Waals surface area contributed by atoms with Crippen molar-refractivity contribution in [1.82, 2.24) is 0 Å².